The lowest BCUT2D eigenvalue weighted by molar-refractivity contribution is -0.384. The van der Waals surface area contributed by atoms with Gasteiger partial charge in [-0.05, 0) is 18.2 Å². The number of hydrogen-bond donors (Lipinski definition) is 1. The average molecular weight is 427 g/mol. The number of nitrogens with zero attached hydrogens (tertiary/aromatic N) is 3. The first-order valence-corrected chi connectivity index (χ1v) is 9.11. The molecule has 8 nitrogen and oxygen atoms in total. The molecule has 1 fully saturated rings. The standard InChI is InChI=1S/C18H17ClF2N4O4/c1-22-18(26)13-9-14(16(25(27)28)17(19)23-13)24-6-4-11(5-7-24)29-15-3-2-10(20)8-12(15)21/h2-3,8-9,11H,4-7H2,1H3,(H,22,26). The monoisotopic (exact) mass is 426 g/mol. The molecule has 1 aromatic carbocycles. The van der Waals surface area contributed by atoms with Crippen molar-refractivity contribution < 1.29 is 23.2 Å². The fraction of sp³-hybridized carbons (Fsp3) is 0.333. The molecular weight excluding hydrogens is 410 g/mol. The fourth-order valence-corrected chi connectivity index (χ4v) is 3.37. The molecule has 11 heteroatoms. The topological polar surface area (TPSA) is 97.6 Å². The summed E-state index contributed by atoms with van der Waals surface area (Å²) in [5.74, 6) is -2.06. The van der Waals surface area contributed by atoms with Crippen LogP contribution in [0.15, 0.2) is 24.3 Å². The van der Waals surface area contributed by atoms with E-state index in [9.17, 15) is 23.7 Å². The number of ether oxygens (including phenoxy) is 1. The second kappa shape index (κ2) is 8.56. The summed E-state index contributed by atoms with van der Waals surface area (Å²) in [4.78, 5) is 28.2. The highest BCUT2D eigenvalue weighted by Gasteiger charge is 2.30. The van der Waals surface area contributed by atoms with Crippen molar-refractivity contribution >= 4 is 28.9 Å². The number of anilines is 1. The van der Waals surface area contributed by atoms with Crippen LogP contribution in [0.5, 0.6) is 5.75 Å². The van der Waals surface area contributed by atoms with Gasteiger partial charge in [0.25, 0.3) is 5.91 Å². The molecule has 1 N–H and O–H groups in total. The van der Waals surface area contributed by atoms with Crippen LogP contribution in [0.1, 0.15) is 23.3 Å². The van der Waals surface area contributed by atoms with Gasteiger partial charge in [0.2, 0.25) is 5.15 Å². The Morgan fingerprint density at radius 2 is 2.03 bits per heavy atom. The zero-order valence-corrected chi connectivity index (χ0v) is 16.1. The van der Waals surface area contributed by atoms with Gasteiger partial charge in [0.15, 0.2) is 11.6 Å². The molecule has 0 radical (unpaired) electrons. The van der Waals surface area contributed by atoms with Crippen LogP contribution in [0.25, 0.3) is 0 Å². The highest BCUT2D eigenvalue weighted by Crippen LogP contribution is 2.36. The lowest BCUT2D eigenvalue weighted by Gasteiger charge is -2.33. The molecule has 0 spiro atoms. The molecule has 2 heterocycles. The minimum atomic E-state index is -0.792. The summed E-state index contributed by atoms with van der Waals surface area (Å²) >= 11 is 5.96. The van der Waals surface area contributed by atoms with Gasteiger partial charge in [-0.15, -0.1) is 0 Å². The molecule has 0 saturated carbocycles. The van der Waals surface area contributed by atoms with Gasteiger partial charge >= 0.3 is 5.69 Å². The van der Waals surface area contributed by atoms with Gasteiger partial charge in [0.05, 0.1) is 4.92 Å². The van der Waals surface area contributed by atoms with Gasteiger partial charge in [-0.3, -0.25) is 14.9 Å². The molecule has 0 unspecified atom stereocenters. The van der Waals surface area contributed by atoms with Crippen LogP contribution in [0.2, 0.25) is 5.15 Å². The third-order valence-corrected chi connectivity index (χ3v) is 4.81. The molecule has 3 rings (SSSR count). The van der Waals surface area contributed by atoms with Crippen molar-refractivity contribution in [2.45, 2.75) is 18.9 Å². The predicted molar refractivity (Wildman–Crippen MR) is 102 cm³/mol. The molecule has 154 valence electrons. The number of amides is 1. The van der Waals surface area contributed by atoms with Crippen molar-refractivity contribution in [1.29, 1.82) is 0 Å². The Labute approximate surface area is 169 Å². The van der Waals surface area contributed by atoms with E-state index in [1.165, 1.54) is 19.2 Å². The average Bonchev–Trinajstić information content (AvgIpc) is 2.69. The number of piperidine rings is 1. The van der Waals surface area contributed by atoms with Crippen molar-refractivity contribution in [3.63, 3.8) is 0 Å². The molecule has 29 heavy (non-hydrogen) atoms. The van der Waals surface area contributed by atoms with Crippen molar-refractivity contribution in [2.75, 3.05) is 25.0 Å². The lowest BCUT2D eigenvalue weighted by atomic mass is 10.1. The first-order chi connectivity index (χ1) is 13.8. The quantitative estimate of drug-likeness (QED) is 0.447. The third-order valence-electron chi connectivity index (χ3n) is 4.54. The number of rotatable bonds is 5. The molecule has 0 bridgehead atoms. The highest BCUT2D eigenvalue weighted by atomic mass is 35.5. The van der Waals surface area contributed by atoms with Crippen molar-refractivity contribution in [2.24, 2.45) is 0 Å². The Balaban J connectivity index is 1.78. The molecule has 0 aliphatic carbocycles. The van der Waals surface area contributed by atoms with E-state index >= 15 is 0 Å². The molecule has 2 aromatic rings. The highest BCUT2D eigenvalue weighted by molar-refractivity contribution is 6.32. The summed E-state index contributed by atoms with van der Waals surface area (Å²) in [6.07, 6.45) is 0.521. The summed E-state index contributed by atoms with van der Waals surface area (Å²) in [5, 5.41) is 13.5. The largest absolute Gasteiger partial charge is 0.487 e. The zero-order chi connectivity index (χ0) is 21.1. The zero-order valence-electron chi connectivity index (χ0n) is 15.3. The maximum absolute atomic E-state index is 13.8. The Morgan fingerprint density at radius 1 is 1.34 bits per heavy atom. The van der Waals surface area contributed by atoms with E-state index in [-0.39, 0.29) is 34.1 Å². The Kier molecular flexibility index (Phi) is 6.12. The molecule has 1 aliphatic rings. The van der Waals surface area contributed by atoms with E-state index in [4.69, 9.17) is 16.3 Å². The van der Waals surface area contributed by atoms with Crippen LogP contribution in [0.3, 0.4) is 0 Å². The molecule has 1 amide bonds. The number of carbonyl (C=O) groups is 1. The van der Waals surface area contributed by atoms with Crippen molar-refractivity contribution in [3.8, 4) is 5.75 Å². The second-order valence-electron chi connectivity index (χ2n) is 6.38. The minimum Gasteiger partial charge on any atom is -0.487 e. The van der Waals surface area contributed by atoms with E-state index in [1.54, 1.807) is 4.90 Å². The van der Waals surface area contributed by atoms with Gasteiger partial charge in [0, 0.05) is 39.0 Å². The summed E-state index contributed by atoms with van der Waals surface area (Å²) in [6.45, 7) is 0.698. The van der Waals surface area contributed by atoms with Crippen LogP contribution in [-0.4, -0.2) is 42.1 Å². The molecule has 1 aliphatic heterocycles. The fourth-order valence-electron chi connectivity index (χ4n) is 3.11. The van der Waals surface area contributed by atoms with E-state index in [1.807, 2.05) is 0 Å². The number of carbonyl (C=O) groups excluding carboxylic acids is 1. The normalized spacial score (nSPS) is 14.6. The smallest absolute Gasteiger partial charge is 0.329 e. The van der Waals surface area contributed by atoms with E-state index in [2.05, 4.69) is 10.3 Å². The van der Waals surface area contributed by atoms with Gasteiger partial charge in [-0.1, -0.05) is 11.6 Å². The van der Waals surface area contributed by atoms with Crippen LogP contribution < -0.4 is 15.0 Å². The maximum Gasteiger partial charge on any atom is 0.329 e. The number of halogens is 3. The number of pyridine rings is 1. The number of hydrogen-bond acceptors (Lipinski definition) is 6. The minimum absolute atomic E-state index is 0.0372. The van der Waals surface area contributed by atoms with Gasteiger partial charge < -0.3 is 15.0 Å². The molecule has 1 saturated heterocycles. The number of benzene rings is 1. The van der Waals surface area contributed by atoms with E-state index in [0.717, 1.165) is 12.1 Å². The maximum atomic E-state index is 13.8. The number of aromatic nitrogens is 1. The molecule has 0 atom stereocenters. The van der Waals surface area contributed by atoms with Crippen LogP contribution in [0.4, 0.5) is 20.2 Å². The predicted octanol–water partition coefficient (Wildman–Crippen LogP) is 3.33. The number of nitrogens with one attached hydrogen (secondary N) is 1. The van der Waals surface area contributed by atoms with Crippen LogP contribution in [-0.2, 0) is 0 Å². The van der Waals surface area contributed by atoms with Gasteiger partial charge in [-0.25, -0.2) is 13.8 Å². The Bertz CT molecular complexity index is 952. The first kappa shape index (κ1) is 20.7. The third kappa shape index (κ3) is 4.53. The van der Waals surface area contributed by atoms with E-state index < -0.39 is 22.5 Å². The van der Waals surface area contributed by atoms with Crippen molar-refractivity contribution in [3.05, 3.63) is 56.9 Å². The Morgan fingerprint density at radius 3 is 2.62 bits per heavy atom. The van der Waals surface area contributed by atoms with Gasteiger partial charge in [0.1, 0.15) is 23.3 Å². The van der Waals surface area contributed by atoms with Crippen LogP contribution >= 0.6 is 11.6 Å². The second-order valence-corrected chi connectivity index (χ2v) is 6.74. The summed E-state index contributed by atoms with van der Waals surface area (Å²) in [7, 11) is 1.41. The molecular formula is C18H17ClF2N4O4. The number of nitro groups is 1. The molecule has 1 aromatic heterocycles. The van der Waals surface area contributed by atoms with Crippen LogP contribution in [0, 0.1) is 21.7 Å². The first-order valence-electron chi connectivity index (χ1n) is 8.73. The SMILES string of the molecule is CNC(=O)c1cc(N2CCC(Oc3ccc(F)cc3F)CC2)c([N+](=O)[O-])c(Cl)n1. The van der Waals surface area contributed by atoms with E-state index in [0.29, 0.717) is 25.9 Å². The van der Waals surface area contributed by atoms with Crippen molar-refractivity contribution in [1.82, 2.24) is 10.3 Å². The summed E-state index contributed by atoms with van der Waals surface area (Å²) < 4.78 is 32.4. The van der Waals surface area contributed by atoms with Gasteiger partial charge in [-0.2, -0.15) is 0 Å². The summed E-state index contributed by atoms with van der Waals surface area (Å²) in [5.41, 5.74) is -0.242. The summed E-state index contributed by atoms with van der Waals surface area (Å²) in [6, 6.07) is 4.40. The Hall–Kier alpha value is -3.01. The lowest BCUT2D eigenvalue weighted by Crippen LogP contribution is -2.39.